The van der Waals surface area contributed by atoms with Crippen LogP contribution in [0, 0.1) is 5.82 Å². The summed E-state index contributed by atoms with van der Waals surface area (Å²) in [7, 11) is 0. The fourth-order valence-electron chi connectivity index (χ4n) is 1.83. The van der Waals surface area contributed by atoms with Crippen LogP contribution in [-0.4, -0.2) is 12.6 Å². The standard InChI is InChI=1S/C12H14ClFN2O/c13-10-7-9(14)4-3-8(10)6-11(16-15)12-2-1-5-17-12/h2-4,7,11,16H,1,5-6,15H2. The first-order chi connectivity index (χ1) is 8.20. The second kappa shape index (κ2) is 5.49. The van der Waals surface area contributed by atoms with E-state index in [2.05, 4.69) is 5.43 Å². The molecule has 2 rings (SSSR count). The van der Waals surface area contributed by atoms with E-state index >= 15 is 0 Å². The van der Waals surface area contributed by atoms with Gasteiger partial charge in [0.2, 0.25) is 0 Å². The third-order valence-electron chi connectivity index (χ3n) is 2.72. The Morgan fingerprint density at radius 3 is 2.94 bits per heavy atom. The van der Waals surface area contributed by atoms with Crippen LogP contribution in [0.2, 0.25) is 5.02 Å². The van der Waals surface area contributed by atoms with Crippen molar-refractivity contribution in [3.05, 3.63) is 46.4 Å². The van der Waals surface area contributed by atoms with E-state index in [1.807, 2.05) is 6.08 Å². The number of rotatable bonds is 4. The molecule has 0 spiro atoms. The molecule has 5 heteroatoms. The Bertz CT molecular complexity index is 437. The average molecular weight is 257 g/mol. The molecule has 17 heavy (non-hydrogen) atoms. The van der Waals surface area contributed by atoms with Crippen molar-refractivity contribution in [3.63, 3.8) is 0 Å². The molecule has 1 aromatic rings. The van der Waals surface area contributed by atoms with Crippen LogP contribution < -0.4 is 11.3 Å². The summed E-state index contributed by atoms with van der Waals surface area (Å²) in [5.74, 6) is 5.98. The van der Waals surface area contributed by atoms with Crippen LogP contribution in [-0.2, 0) is 11.2 Å². The molecule has 1 aliphatic heterocycles. The van der Waals surface area contributed by atoms with Crippen LogP contribution in [0.3, 0.4) is 0 Å². The second-order valence-electron chi connectivity index (χ2n) is 3.90. The highest BCUT2D eigenvalue weighted by Gasteiger charge is 2.19. The first-order valence-electron chi connectivity index (χ1n) is 5.43. The second-order valence-corrected chi connectivity index (χ2v) is 4.31. The lowest BCUT2D eigenvalue weighted by Gasteiger charge is -2.17. The van der Waals surface area contributed by atoms with Crippen LogP contribution in [0.25, 0.3) is 0 Å². The molecule has 0 radical (unpaired) electrons. The van der Waals surface area contributed by atoms with Crippen LogP contribution in [0.1, 0.15) is 12.0 Å². The Hall–Kier alpha value is -1.10. The van der Waals surface area contributed by atoms with E-state index < -0.39 is 0 Å². The van der Waals surface area contributed by atoms with Gasteiger partial charge in [0.25, 0.3) is 0 Å². The summed E-state index contributed by atoms with van der Waals surface area (Å²) in [6, 6.07) is 4.23. The van der Waals surface area contributed by atoms with Crippen LogP contribution in [0.4, 0.5) is 4.39 Å². The minimum absolute atomic E-state index is 0.125. The molecule has 0 bridgehead atoms. The van der Waals surface area contributed by atoms with Crippen molar-refractivity contribution in [2.45, 2.75) is 18.9 Å². The Balaban J connectivity index is 2.12. The van der Waals surface area contributed by atoms with E-state index in [9.17, 15) is 4.39 Å². The Morgan fingerprint density at radius 1 is 1.53 bits per heavy atom. The number of hydrazine groups is 1. The third kappa shape index (κ3) is 2.97. The lowest BCUT2D eigenvalue weighted by atomic mass is 10.0. The maximum absolute atomic E-state index is 12.9. The number of benzene rings is 1. The Kier molecular flexibility index (Phi) is 3.99. The van der Waals surface area contributed by atoms with Crippen LogP contribution in [0.5, 0.6) is 0 Å². The first-order valence-corrected chi connectivity index (χ1v) is 5.81. The molecule has 0 aliphatic carbocycles. The maximum Gasteiger partial charge on any atom is 0.124 e. The zero-order valence-electron chi connectivity index (χ0n) is 9.25. The highest BCUT2D eigenvalue weighted by Crippen LogP contribution is 2.22. The summed E-state index contributed by atoms with van der Waals surface area (Å²) in [6.07, 6.45) is 3.47. The predicted molar refractivity (Wildman–Crippen MR) is 64.9 cm³/mol. The van der Waals surface area contributed by atoms with Gasteiger partial charge >= 0.3 is 0 Å². The number of halogens is 2. The monoisotopic (exact) mass is 256 g/mol. The van der Waals surface area contributed by atoms with Gasteiger partial charge < -0.3 is 4.74 Å². The van der Waals surface area contributed by atoms with E-state index in [4.69, 9.17) is 22.2 Å². The van der Waals surface area contributed by atoms with Gasteiger partial charge in [0.15, 0.2) is 0 Å². The molecule has 0 saturated heterocycles. The third-order valence-corrected chi connectivity index (χ3v) is 3.07. The summed E-state index contributed by atoms with van der Waals surface area (Å²) in [4.78, 5) is 0. The highest BCUT2D eigenvalue weighted by atomic mass is 35.5. The van der Waals surface area contributed by atoms with Gasteiger partial charge in [-0.25, -0.2) is 9.82 Å². The average Bonchev–Trinajstić information content (AvgIpc) is 2.81. The van der Waals surface area contributed by atoms with E-state index in [-0.39, 0.29) is 11.9 Å². The SMILES string of the molecule is NNC(Cc1ccc(F)cc1Cl)C1=CCCO1. The molecule has 1 atom stereocenters. The quantitative estimate of drug-likeness (QED) is 0.641. The normalized spacial score (nSPS) is 16.5. The fourth-order valence-corrected chi connectivity index (χ4v) is 2.07. The van der Waals surface area contributed by atoms with Gasteiger partial charge in [-0.1, -0.05) is 17.7 Å². The summed E-state index contributed by atoms with van der Waals surface area (Å²) in [6.45, 7) is 0.685. The number of hydrogen-bond donors (Lipinski definition) is 2. The molecule has 0 amide bonds. The number of nitrogens with two attached hydrogens (primary N) is 1. The van der Waals surface area contributed by atoms with E-state index in [1.165, 1.54) is 12.1 Å². The summed E-state index contributed by atoms with van der Waals surface area (Å²) < 4.78 is 18.4. The molecule has 1 aliphatic rings. The first kappa shape index (κ1) is 12.4. The summed E-state index contributed by atoms with van der Waals surface area (Å²) in [5.41, 5.74) is 3.53. The van der Waals surface area contributed by atoms with Gasteiger partial charge in [-0.2, -0.15) is 0 Å². The molecule has 0 fully saturated rings. The van der Waals surface area contributed by atoms with E-state index in [0.29, 0.717) is 18.1 Å². The number of ether oxygens (including phenoxy) is 1. The zero-order valence-corrected chi connectivity index (χ0v) is 10.0. The van der Waals surface area contributed by atoms with Crippen molar-refractivity contribution in [1.82, 2.24) is 5.43 Å². The van der Waals surface area contributed by atoms with Crippen molar-refractivity contribution in [2.75, 3.05) is 6.61 Å². The van der Waals surface area contributed by atoms with E-state index in [1.54, 1.807) is 6.07 Å². The van der Waals surface area contributed by atoms with Crippen LogP contribution >= 0.6 is 11.6 Å². The minimum atomic E-state index is -0.340. The molecule has 1 aromatic carbocycles. The minimum Gasteiger partial charge on any atom is -0.496 e. The van der Waals surface area contributed by atoms with Crippen LogP contribution in [0.15, 0.2) is 30.0 Å². The molecular weight excluding hydrogens is 243 g/mol. The molecule has 1 heterocycles. The Labute approximate surface area is 104 Å². The molecule has 3 nitrogen and oxygen atoms in total. The van der Waals surface area contributed by atoms with Crippen molar-refractivity contribution >= 4 is 11.6 Å². The van der Waals surface area contributed by atoms with Gasteiger partial charge in [0.05, 0.1) is 12.6 Å². The molecule has 1 unspecified atom stereocenters. The van der Waals surface area contributed by atoms with Crippen molar-refractivity contribution in [1.29, 1.82) is 0 Å². The lowest BCUT2D eigenvalue weighted by molar-refractivity contribution is 0.214. The van der Waals surface area contributed by atoms with Crippen molar-refractivity contribution in [2.24, 2.45) is 5.84 Å². The number of nitrogens with one attached hydrogen (secondary N) is 1. The van der Waals surface area contributed by atoms with Gasteiger partial charge in [-0.05, 0) is 30.2 Å². The highest BCUT2D eigenvalue weighted by molar-refractivity contribution is 6.31. The summed E-state index contributed by atoms with van der Waals surface area (Å²) in [5, 5.41) is 0.406. The maximum atomic E-state index is 12.9. The van der Waals surface area contributed by atoms with E-state index in [0.717, 1.165) is 17.7 Å². The van der Waals surface area contributed by atoms with Gasteiger partial charge in [-0.15, -0.1) is 0 Å². The lowest BCUT2D eigenvalue weighted by Crippen LogP contribution is -2.38. The fraction of sp³-hybridized carbons (Fsp3) is 0.333. The molecule has 0 saturated carbocycles. The van der Waals surface area contributed by atoms with Gasteiger partial charge in [-0.3, -0.25) is 5.84 Å². The molecular formula is C12H14ClFN2O. The largest absolute Gasteiger partial charge is 0.496 e. The van der Waals surface area contributed by atoms with Gasteiger partial charge in [0, 0.05) is 11.4 Å². The van der Waals surface area contributed by atoms with Crippen molar-refractivity contribution in [3.8, 4) is 0 Å². The molecule has 92 valence electrons. The Morgan fingerprint density at radius 2 is 2.35 bits per heavy atom. The smallest absolute Gasteiger partial charge is 0.124 e. The van der Waals surface area contributed by atoms with Gasteiger partial charge in [0.1, 0.15) is 11.6 Å². The molecule has 0 aromatic heterocycles. The number of hydrogen-bond acceptors (Lipinski definition) is 3. The van der Waals surface area contributed by atoms with Crippen molar-refractivity contribution < 1.29 is 9.13 Å². The summed E-state index contributed by atoms with van der Waals surface area (Å²) >= 11 is 5.97. The zero-order chi connectivity index (χ0) is 12.3. The molecule has 3 N–H and O–H groups in total. The topological polar surface area (TPSA) is 47.3 Å². The predicted octanol–water partition coefficient (Wildman–Crippen LogP) is 2.16.